The zero-order valence-corrected chi connectivity index (χ0v) is 15.5. The molecule has 1 amide bonds. The first-order valence-electron chi connectivity index (χ1n) is 9.15. The molecule has 0 spiro atoms. The van der Waals surface area contributed by atoms with Gasteiger partial charge in [0.1, 0.15) is 5.69 Å². The van der Waals surface area contributed by atoms with Crippen LogP contribution in [0.2, 0.25) is 0 Å². The molecule has 4 rings (SSSR count). The summed E-state index contributed by atoms with van der Waals surface area (Å²) in [4.78, 5) is 15.5. The lowest BCUT2D eigenvalue weighted by molar-refractivity contribution is -0.141. The van der Waals surface area contributed by atoms with Crippen LogP contribution in [0.4, 0.5) is 17.6 Å². The van der Waals surface area contributed by atoms with E-state index in [0.29, 0.717) is 30.9 Å². The molecule has 0 unspecified atom stereocenters. The number of aromatic nitrogens is 3. The maximum absolute atomic E-state index is 14.1. The lowest BCUT2D eigenvalue weighted by Gasteiger charge is -2.41. The van der Waals surface area contributed by atoms with Gasteiger partial charge in [-0.25, -0.2) is 9.37 Å². The van der Waals surface area contributed by atoms with E-state index in [-0.39, 0.29) is 34.5 Å². The van der Waals surface area contributed by atoms with E-state index in [1.165, 1.54) is 0 Å². The molecule has 0 radical (unpaired) electrons. The van der Waals surface area contributed by atoms with Gasteiger partial charge in [-0.05, 0) is 36.8 Å². The molecule has 1 N–H and O–H groups in total. The summed E-state index contributed by atoms with van der Waals surface area (Å²) in [6.45, 7) is 4.74. The summed E-state index contributed by atoms with van der Waals surface area (Å²) in [5.41, 5.74) is -0.470. The van der Waals surface area contributed by atoms with Gasteiger partial charge in [0.25, 0.3) is 0 Å². The van der Waals surface area contributed by atoms with Gasteiger partial charge in [0.05, 0.1) is 23.6 Å². The number of aryl methyl sites for hydroxylation is 1. The van der Waals surface area contributed by atoms with Crippen molar-refractivity contribution in [3.05, 3.63) is 35.5 Å². The Balaban J connectivity index is 1.55. The molecule has 0 bridgehead atoms. The molecule has 28 heavy (non-hydrogen) atoms. The standard InChI is InChI=1S/C19H20F4N4O/c1-18(2)7-10(8-18)17(28)25-13-3-4-27-15(13)6-14(26-27)11-5-16(19(21,22)23)24-9-12(11)20/h5-6,9-10,13H,3-4,7-8H2,1-2H3,(H,25,28)/t13-/m1/s1. The molecule has 1 fully saturated rings. The number of alkyl halides is 3. The van der Waals surface area contributed by atoms with Crippen molar-refractivity contribution in [1.29, 1.82) is 0 Å². The molecule has 2 aromatic heterocycles. The Labute approximate surface area is 159 Å². The second-order valence-corrected chi connectivity index (χ2v) is 8.34. The molecule has 1 atom stereocenters. The zero-order valence-electron chi connectivity index (χ0n) is 15.5. The van der Waals surface area contributed by atoms with Gasteiger partial charge in [-0.3, -0.25) is 9.48 Å². The average molecular weight is 396 g/mol. The largest absolute Gasteiger partial charge is 0.433 e. The van der Waals surface area contributed by atoms with Crippen molar-refractivity contribution in [2.45, 2.75) is 51.9 Å². The van der Waals surface area contributed by atoms with Gasteiger partial charge in [0.2, 0.25) is 5.91 Å². The number of amides is 1. The van der Waals surface area contributed by atoms with Crippen LogP contribution in [0.1, 0.15) is 50.5 Å². The number of hydrogen-bond donors (Lipinski definition) is 1. The van der Waals surface area contributed by atoms with E-state index in [1.807, 2.05) is 0 Å². The van der Waals surface area contributed by atoms with Crippen molar-refractivity contribution in [3.8, 4) is 11.3 Å². The lowest BCUT2D eigenvalue weighted by atomic mass is 9.64. The van der Waals surface area contributed by atoms with Crippen molar-refractivity contribution in [2.24, 2.45) is 11.3 Å². The molecule has 0 aromatic carbocycles. The average Bonchev–Trinajstić information content (AvgIpc) is 3.13. The van der Waals surface area contributed by atoms with Crippen LogP contribution in [0.3, 0.4) is 0 Å². The van der Waals surface area contributed by atoms with Crippen molar-refractivity contribution < 1.29 is 22.4 Å². The smallest absolute Gasteiger partial charge is 0.347 e. The Kier molecular flexibility index (Phi) is 4.24. The predicted molar refractivity (Wildman–Crippen MR) is 92.4 cm³/mol. The highest BCUT2D eigenvalue weighted by Crippen LogP contribution is 2.45. The van der Waals surface area contributed by atoms with E-state index in [4.69, 9.17) is 0 Å². The minimum atomic E-state index is -4.67. The van der Waals surface area contributed by atoms with Gasteiger partial charge in [0.15, 0.2) is 5.82 Å². The van der Waals surface area contributed by atoms with E-state index in [1.54, 1.807) is 10.7 Å². The third-order valence-corrected chi connectivity index (χ3v) is 5.50. The van der Waals surface area contributed by atoms with Gasteiger partial charge >= 0.3 is 6.18 Å². The summed E-state index contributed by atoms with van der Waals surface area (Å²) in [6.07, 6.45) is -1.80. The number of nitrogens with zero attached hydrogens (tertiary/aromatic N) is 3. The number of halogens is 4. The van der Waals surface area contributed by atoms with E-state index in [9.17, 15) is 22.4 Å². The van der Waals surface area contributed by atoms with Crippen LogP contribution in [-0.4, -0.2) is 20.7 Å². The normalized spacial score (nSPS) is 21.3. The van der Waals surface area contributed by atoms with E-state index >= 15 is 0 Å². The number of fused-ring (bicyclic) bond motifs is 1. The fourth-order valence-corrected chi connectivity index (χ4v) is 4.11. The molecule has 3 heterocycles. The number of carbonyl (C=O) groups excluding carboxylic acids is 1. The fraction of sp³-hybridized carbons (Fsp3) is 0.526. The highest BCUT2D eigenvalue weighted by molar-refractivity contribution is 5.80. The third kappa shape index (κ3) is 3.38. The summed E-state index contributed by atoms with van der Waals surface area (Å²) in [5, 5.41) is 7.24. The summed E-state index contributed by atoms with van der Waals surface area (Å²) in [6, 6.07) is 1.93. The van der Waals surface area contributed by atoms with Gasteiger partial charge in [-0.15, -0.1) is 0 Å². The fourth-order valence-electron chi connectivity index (χ4n) is 4.11. The molecular weight excluding hydrogens is 376 g/mol. The monoisotopic (exact) mass is 396 g/mol. The van der Waals surface area contributed by atoms with Crippen LogP contribution >= 0.6 is 0 Å². The molecule has 2 aliphatic rings. The highest BCUT2D eigenvalue weighted by Gasteiger charge is 2.41. The Bertz CT molecular complexity index is 927. The molecular formula is C19H20F4N4O. The maximum atomic E-state index is 14.1. The number of rotatable bonds is 3. The Morgan fingerprint density at radius 3 is 2.64 bits per heavy atom. The summed E-state index contributed by atoms with van der Waals surface area (Å²) >= 11 is 0. The number of carbonyl (C=O) groups is 1. The van der Waals surface area contributed by atoms with Crippen molar-refractivity contribution in [3.63, 3.8) is 0 Å². The molecule has 1 aliphatic carbocycles. The summed E-state index contributed by atoms with van der Waals surface area (Å²) in [5.74, 6) is -0.907. The van der Waals surface area contributed by atoms with Crippen LogP contribution in [-0.2, 0) is 17.5 Å². The number of hydrogen-bond acceptors (Lipinski definition) is 3. The van der Waals surface area contributed by atoms with Gasteiger partial charge < -0.3 is 5.32 Å². The van der Waals surface area contributed by atoms with E-state index < -0.39 is 17.7 Å². The van der Waals surface area contributed by atoms with Crippen LogP contribution in [0.25, 0.3) is 11.3 Å². The van der Waals surface area contributed by atoms with Crippen LogP contribution in [0.15, 0.2) is 18.3 Å². The summed E-state index contributed by atoms with van der Waals surface area (Å²) < 4.78 is 54.4. The molecule has 1 aliphatic heterocycles. The topological polar surface area (TPSA) is 59.8 Å². The lowest BCUT2D eigenvalue weighted by Crippen LogP contribution is -2.43. The van der Waals surface area contributed by atoms with Gasteiger partial charge in [-0.1, -0.05) is 13.8 Å². The first-order chi connectivity index (χ1) is 13.0. The minimum absolute atomic E-state index is 0.0153. The molecule has 9 heteroatoms. The summed E-state index contributed by atoms with van der Waals surface area (Å²) in [7, 11) is 0. The van der Waals surface area contributed by atoms with Crippen molar-refractivity contribution in [2.75, 3.05) is 0 Å². The van der Waals surface area contributed by atoms with Crippen LogP contribution in [0, 0.1) is 17.2 Å². The van der Waals surface area contributed by atoms with Crippen molar-refractivity contribution in [1.82, 2.24) is 20.1 Å². The third-order valence-electron chi connectivity index (χ3n) is 5.50. The molecule has 0 saturated heterocycles. The van der Waals surface area contributed by atoms with Gasteiger partial charge in [-0.2, -0.15) is 18.3 Å². The number of pyridine rings is 1. The van der Waals surface area contributed by atoms with Crippen LogP contribution in [0.5, 0.6) is 0 Å². The second-order valence-electron chi connectivity index (χ2n) is 8.34. The molecule has 2 aromatic rings. The maximum Gasteiger partial charge on any atom is 0.433 e. The zero-order chi connectivity index (χ0) is 20.3. The highest BCUT2D eigenvalue weighted by atomic mass is 19.4. The van der Waals surface area contributed by atoms with Crippen LogP contribution < -0.4 is 5.32 Å². The quantitative estimate of drug-likeness (QED) is 0.795. The molecule has 5 nitrogen and oxygen atoms in total. The molecule has 150 valence electrons. The number of nitrogens with one attached hydrogen (secondary N) is 1. The second kappa shape index (κ2) is 6.28. The van der Waals surface area contributed by atoms with Gasteiger partial charge in [0, 0.05) is 18.0 Å². The first-order valence-corrected chi connectivity index (χ1v) is 9.15. The Morgan fingerprint density at radius 1 is 1.29 bits per heavy atom. The predicted octanol–water partition coefficient (Wildman–Crippen LogP) is 4.10. The van der Waals surface area contributed by atoms with Crippen molar-refractivity contribution >= 4 is 5.91 Å². The molecule has 1 saturated carbocycles. The van der Waals surface area contributed by atoms with E-state index in [2.05, 4.69) is 29.2 Å². The Morgan fingerprint density at radius 2 is 2.00 bits per heavy atom. The minimum Gasteiger partial charge on any atom is -0.347 e. The SMILES string of the molecule is CC1(C)CC(C(=O)N[C@@H]2CCn3nc(-c4cc(C(F)(F)F)ncc4F)cc32)C1. The Hall–Kier alpha value is -2.45. The van der Waals surface area contributed by atoms with E-state index in [0.717, 1.165) is 12.8 Å². The first kappa shape index (κ1) is 18.9.